The predicted octanol–water partition coefficient (Wildman–Crippen LogP) is 3.22. The van der Waals surface area contributed by atoms with Crippen LogP contribution in [-0.4, -0.2) is 26.1 Å². The summed E-state index contributed by atoms with van der Waals surface area (Å²) >= 11 is 1.17. The van der Waals surface area contributed by atoms with E-state index in [-0.39, 0.29) is 0 Å². The molecule has 0 saturated carbocycles. The molecule has 3 rings (SSSR count). The Morgan fingerprint density at radius 1 is 1.21 bits per heavy atom. The van der Waals surface area contributed by atoms with Crippen molar-refractivity contribution in [3.05, 3.63) is 47.0 Å². The highest BCUT2D eigenvalue weighted by molar-refractivity contribution is 7.93. The van der Waals surface area contributed by atoms with E-state index in [1.165, 1.54) is 17.6 Å². The Balaban J connectivity index is 1.83. The number of hydrogen-bond donors (Lipinski definition) is 3. The van der Waals surface area contributed by atoms with Crippen molar-refractivity contribution in [2.24, 2.45) is 0 Å². The Bertz CT molecular complexity index is 868. The van der Waals surface area contributed by atoms with Crippen LogP contribution >= 0.6 is 11.3 Å². The maximum absolute atomic E-state index is 12.0. The molecule has 0 saturated heterocycles. The van der Waals surface area contributed by atoms with Crippen LogP contribution in [0.3, 0.4) is 0 Å². The van der Waals surface area contributed by atoms with Crippen LogP contribution in [0.5, 0.6) is 0 Å². The molecule has 5 nitrogen and oxygen atoms in total. The second-order valence-electron chi connectivity index (χ2n) is 5.88. The average molecular weight is 364 g/mol. The Hall–Kier alpha value is -1.83. The van der Waals surface area contributed by atoms with Crippen LogP contribution in [0.15, 0.2) is 34.6 Å². The van der Waals surface area contributed by atoms with E-state index in [2.05, 4.69) is 10.6 Å². The highest BCUT2D eigenvalue weighted by Gasteiger charge is 2.24. The Morgan fingerprint density at radius 3 is 2.58 bits per heavy atom. The highest BCUT2D eigenvalue weighted by Crippen LogP contribution is 2.40. The normalized spacial score (nSPS) is 15.0. The molecule has 1 aromatic carbocycles. The summed E-state index contributed by atoms with van der Waals surface area (Å²) in [7, 11) is -3.30. The summed E-state index contributed by atoms with van der Waals surface area (Å²) in [6.07, 6.45) is 5.67. The Labute approximate surface area is 146 Å². The summed E-state index contributed by atoms with van der Waals surface area (Å²) in [5, 5.41) is 16.9. The summed E-state index contributed by atoms with van der Waals surface area (Å²) in [6, 6.07) is 7.67. The minimum absolute atomic E-state index is 0.346. The maximum Gasteiger partial charge on any atom is 0.203 e. The average Bonchev–Trinajstić information content (AvgIpc) is 2.89. The molecule has 24 heavy (non-hydrogen) atoms. The molecule has 0 spiro atoms. The van der Waals surface area contributed by atoms with Gasteiger partial charge in [-0.3, -0.25) is 0 Å². The molecule has 128 valence electrons. The molecule has 0 aliphatic heterocycles. The van der Waals surface area contributed by atoms with E-state index >= 15 is 0 Å². The highest BCUT2D eigenvalue weighted by atomic mass is 32.2. The summed E-state index contributed by atoms with van der Waals surface area (Å²) < 4.78 is 24.3. The standard InChI is InChI=1S/C17H20N2O3S2/c1-11-7-9-12(10-8-11)18-17(20)19-15-13-5-3-4-6-14(13)16(23-15)24(2,21)22/h4,6-10,17-20H,3,5H2,1-2H3. The molecule has 1 aromatic heterocycles. The lowest BCUT2D eigenvalue weighted by molar-refractivity contribution is 0.233. The number of benzene rings is 1. The number of hydrogen-bond acceptors (Lipinski definition) is 6. The summed E-state index contributed by atoms with van der Waals surface area (Å²) in [4.78, 5) is 0. The summed E-state index contributed by atoms with van der Waals surface area (Å²) in [5.41, 5.74) is 3.63. The van der Waals surface area contributed by atoms with E-state index in [0.717, 1.165) is 35.2 Å². The predicted molar refractivity (Wildman–Crippen MR) is 99.2 cm³/mol. The third-order valence-corrected chi connectivity index (χ3v) is 6.84. The van der Waals surface area contributed by atoms with E-state index < -0.39 is 16.2 Å². The number of aryl methyl sites for hydroxylation is 1. The van der Waals surface area contributed by atoms with Crippen LogP contribution < -0.4 is 10.6 Å². The van der Waals surface area contributed by atoms with Gasteiger partial charge in [-0.25, -0.2) is 8.42 Å². The van der Waals surface area contributed by atoms with Gasteiger partial charge in [-0.1, -0.05) is 29.8 Å². The van der Waals surface area contributed by atoms with Gasteiger partial charge in [0, 0.05) is 17.5 Å². The second kappa shape index (κ2) is 6.58. The molecular weight excluding hydrogens is 344 g/mol. The largest absolute Gasteiger partial charge is 0.357 e. The van der Waals surface area contributed by atoms with Crippen molar-refractivity contribution in [2.75, 3.05) is 16.9 Å². The van der Waals surface area contributed by atoms with Gasteiger partial charge in [0.05, 0.1) is 5.00 Å². The lowest BCUT2D eigenvalue weighted by Crippen LogP contribution is -2.28. The molecule has 3 N–H and O–H groups in total. The fourth-order valence-corrected chi connectivity index (χ4v) is 5.10. The zero-order valence-electron chi connectivity index (χ0n) is 13.5. The molecule has 1 heterocycles. The number of fused-ring (bicyclic) bond motifs is 1. The van der Waals surface area contributed by atoms with Crippen molar-refractivity contribution < 1.29 is 13.5 Å². The molecule has 0 amide bonds. The van der Waals surface area contributed by atoms with Gasteiger partial charge in [-0.15, -0.1) is 11.3 Å². The van der Waals surface area contributed by atoms with E-state index in [0.29, 0.717) is 9.21 Å². The minimum Gasteiger partial charge on any atom is -0.357 e. The van der Waals surface area contributed by atoms with Crippen LogP contribution in [0.25, 0.3) is 6.08 Å². The first-order valence-corrected chi connectivity index (χ1v) is 10.4. The quantitative estimate of drug-likeness (QED) is 0.710. The first-order valence-electron chi connectivity index (χ1n) is 7.64. The van der Waals surface area contributed by atoms with E-state index in [9.17, 15) is 13.5 Å². The van der Waals surface area contributed by atoms with Gasteiger partial charge in [-0.2, -0.15) is 0 Å². The SMILES string of the molecule is Cc1ccc(NC(O)Nc2sc(S(C)(=O)=O)c3c2CCC=C3)cc1. The summed E-state index contributed by atoms with van der Waals surface area (Å²) in [6.45, 7) is 2.00. The van der Waals surface area contributed by atoms with Crippen molar-refractivity contribution in [3.63, 3.8) is 0 Å². The van der Waals surface area contributed by atoms with Crippen molar-refractivity contribution in [3.8, 4) is 0 Å². The second-order valence-corrected chi connectivity index (χ2v) is 9.11. The number of aliphatic hydroxyl groups excluding tert-OH is 1. The molecule has 2 aromatic rings. The molecule has 1 atom stereocenters. The first kappa shape index (κ1) is 17.0. The molecule has 1 aliphatic rings. The smallest absolute Gasteiger partial charge is 0.203 e. The van der Waals surface area contributed by atoms with Gasteiger partial charge in [0.1, 0.15) is 4.21 Å². The molecule has 7 heteroatoms. The lowest BCUT2D eigenvalue weighted by atomic mass is 10.0. The number of rotatable bonds is 5. The lowest BCUT2D eigenvalue weighted by Gasteiger charge is -2.17. The van der Waals surface area contributed by atoms with Crippen LogP contribution in [0, 0.1) is 6.92 Å². The Kier molecular flexibility index (Phi) is 4.67. The number of allylic oxidation sites excluding steroid dienone is 1. The van der Waals surface area contributed by atoms with E-state index in [1.54, 1.807) is 0 Å². The van der Waals surface area contributed by atoms with Gasteiger partial charge in [0.2, 0.25) is 6.35 Å². The van der Waals surface area contributed by atoms with Crippen LogP contribution in [0.1, 0.15) is 23.1 Å². The molecule has 0 bridgehead atoms. The zero-order valence-corrected chi connectivity index (χ0v) is 15.2. The van der Waals surface area contributed by atoms with Crippen molar-refractivity contribution in [1.29, 1.82) is 0 Å². The number of aliphatic hydroxyl groups is 1. The summed E-state index contributed by atoms with van der Waals surface area (Å²) in [5.74, 6) is 0. The third-order valence-electron chi connectivity index (χ3n) is 3.82. The van der Waals surface area contributed by atoms with E-state index in [4.69, 9.17) is 0 Å². The Morgan fingerprint density at radius 2 is 1.92 bits per heavy atom. The molecule has 0 fully saturated rings. The number of thiophene rings is 1. The molecular formula is C17H20N2O3S2. The third kappa shape index (κ3) is 3.63. The van der Waals surface area contributed by atoms with Gasteiger partial charge < -0.3 is 15.7 Å². The number of nitrogens with one attached hydrogen (secondary N) is 2. The molecule has 1 aliphatic carbocycles. The fraction of sp³-hybridized carbons (Fsp3) is 0.294. The first-order chi connectivity index (χ1) is 11.3. The fourth-order valence-electron chi connectivity index (χ4n) is 2.66. The minimum atomic E-state index is -3.30. The van der Waals surface area contributed by atoms with Gasteiger partial charge in [-0.05, 0) is 37.5 Å². The van der Waals surface area contributed by atoms with Crippen molar-refractivity contribution >= 4 is 37.9 Å². The topological polar surface area (TPSA) is 78.4 Å². The van der Waals surface area contributed by atoms with Gasteiger partial charge >= 0.3 is 0 Å². The number of anilines is 2. The maximum atomic E-state index is 12.0. The van der Waals surface area contributed by atoms with Crippen molar-refractivity contribution in [1.82, 2.24) is 0 Å². The van der Waals surface area contributed by atoms with Gasteiger partial charge in [0.25, 0.3) is 0 Å². The van der Waals surface area contributed by atoms with Gasteiger partial charge in [0.15, 0.2) is 9.84 Å². The van der Waals surface area contributed by atoms with Crippen LogP contribution in [0.4, 0.5) is 10.7 Å². The monoisotopic (exact) mass is 364 g/mol. The van der Waals surface area contributed by atoms with E-state index in [1.807, 2.05) is 43.3 Å². The van der Waals surface area contributed by atoms with Crippen LogP contribution in [0.2, 0.25) is 0 Å². The number of sulfone groups is 1. The van der Waals surface area contributed by atoms with Crippen molar-refractivity contribution in [2.45, 2.75) is 30.3 Å². The molecule has 1 unspecified atom stereocenters. The zero-order chi connectivity index (χ0) is 17.3. The van der Waals surface area contributed by atoms with Crippen LogP contribution in [-0.2, 0) is 16.3 Å². The molecule has 0 radical (unpaired) electrons.